The van der Waals surface area contributed by atoms with Gasteiger partial charge in [0.05, 0.1) is 0 Å². The molecule has 0 fully saturated rings. The summed E-state index contributed by atoms with van der Waals surface area (Å²) in [4.78, 5) is 0. The van der Waals surface area contributed by atoms with Crippen molar-refractivity contribution in [2.75, 3.05) is 7.11 Å². The van der Waals surface area contributed by atoms with Crippen LogP contribution in [0.1, 0.15) is 48.0 Å². The van der Waals surface area contributed by atoms with Gasteiger partial charge in [-0.15, -0.1) is 0 Å². The molecule has 4 rings (SSSR count). The van der Waals surface area contributed by atoms with Crippen LogP contribution in [0.5, 0.6) is 5.75 Å². The fourth-order valence-corrected chi connectivity index (χ4v) is 24.9. The molecule has 30 heavy (non-hydrogen) atoms. The normalized spacial score (nSPS) is 20.4. The van der Waals surface area contributed by atoms with Crippen molar-refractivity contribution in [3.63, 3.8) is 0 Å². The van der Waals surface area contributed by atoms with E-state index in [4.69, 9.17) is 4.74 Å². The zero-order valence-electron chi connectivity index (χ0n) is 19.3. The molecule has 2 aromatic rings. The van der Waals surface area contributed by atoms with E-state index in [1.165, 1.54) is 16.7 Å². The topological polar surface area (TPSA) is 9.23 Å². The van der Waals surface area contributed by atoms with Crippen molar-refractivity contribution in [3.05, 3.63) is 91.3 Å². The molecule has 154 valence electrons. The molecule has 0 heterocycles. The van der Waals surface area contributed by atoms with E-state index in [9.17, 15) is 0 Å². The standard InChI is InChI=1S/C16H13O.C9H13.C2H6Si.Zr/c1-17-14-7-4-6-13(11-14)16-10-9-12-5-2-3-8-15(12)16;1-6-5-7(2)9(4)8(6)3;1-3-2;/h2-11H,1H3;6H,1-4H3;1-2H3;. The molecule has 2 unspecified atom stereocenters. The molecule has 0 spiro atoms. The van der Waals surface area contributed by atoms with Gasteiger partial charge < -0.3 is 0 Å². The van der Waals surface area contributed by atoms with Crippen molar-refractivity contribution in [2.24, 2.45) is 5.92 Å². The van der Waals surface area contributed by atoms with Gasteiger partial charge in [0.2, 0.25) is 0 Å². The molecule has 2 aliphatic rings. The summed E-state index contributed by atoms with van der Waals surface area (Å²) in [6.45, 7) is 14.7. The van der Waals surface area contributed by atoms with Crippen LogP contribution >= 0.6 is 0 Å². The molecule has 0 aliphatic heterocycles. The van der Waals surface area contributed by atoms with Crippen LogP contribution in [-0.2, 0) is 20.4 Å². The van der Waals surface area contributed by atoms with Gasteiger partial charge in [0.25, 0.3) is 0 Å². The van der Waals surface area contributed by atoms with Gasteiger partial charge in [-0.25, -0.2) is 0 Å². The fourth-order valence-electron chi connectivity index (χ4n) is 5.19. The van der Waals surface area contributed by atoms with Gasteiger partial charge in [-0.1, -0.05) is 0 Å². The summed E-state index contributed by atoms with van der Waals surface area (Å²) >= 11 is -1.94. The van der Waals surface area contributed by atoms with Gasteiger partial charge in [0.15, 0.2) is 0 Å². The fraction of sp³-hybridized carbons (Fsp3) is 0.333. The molecule has 2 atom stereocenters. The maximum atomic E-state index is 5.53. The Labute approximate surface area is 189 Å². The van der Waals surface area contributed by atoms with Crippen LogP contribution in [0, 0.1) is 5.92 Å². The van der Waals surface area contributed by atoms with Gasteiger partial charge in [0, 0.05) is 0 Å². The van der Waals surface area contributed by atoms with Gasteiger partial charge in [-0.05, 0) is 0 Å². The van der Waals surface area contributed by atoms with Crippen LogP contribution in [0.15, 0.2) is 74.6 Å². The van der Waals surface area contributed by atoms with E-state index in [0.29, 0.717) is 9.54 Å². The molecule has 2 aromatic carbocycles. The molecule has 2 aliphatic carbocycles. The SMILES string of the molecule is COc1cccc(C2=C[CH]([Zr]([C]3=C(C)C(C)=C(C)C3C)=[Si](C)C)c3ccccc32)c1. The average molecular weight is 492 g/mol. The van der Waals surface area contributed by atoms with Crippen LogP contribution in [-0.4, -0.2) is 12.5 Å². The molecule has 0 bridgehead atoms. The van der Waals surface area contributed by atoms with Crippen molar-refractivity contribution in [2.45, 2.75) is 44.4 Å². The first-order valence-corrected chi connectivity index (χ1v) is 19.7. The Morgan fingerprint density at radius 1 is 0.933 bits per heavy atom. The van der Waals surface area contributed by atoms with Crippen LogP contribution in [0.25, 0.3) is 5.57 Å². The molecule has 0 amide bonds. The number of hydrogen-bond donors (Lipinski definition) is 0. The predicted octanol–water partition coefficient (Wildman–Crippen LogP) is 7.31. The number of methoxy groups -OCH3 is 1. The zero-order valence-corrected chi connectivity index (χ0v) is 22.7. The number of hydrogen-bond acceptors (Lipinski definition) is 1. The first-order chi connectivity index (χ1) is 14.3. The quantitative estimate of drug-likeness (QED) is 0.407. The van der Waals surface area contributed by atoms with Crippen LogP contribution in [0.2, 0.25) is 13.1 Å². The summed E-state index contributed by atoms with van der Waals surface area (Å²) < 4.78 is 8.05. The number of benzene rings is 2. The van der Waals surface area contributed by atoms with Crippen molar-refractivity contribution >= 4 is 11.0 Å². The Kier molecular flexibility index (Phi) is 6.24. The summed E-state index contributed by atoms with van der Waals surface area (Å²) in [7, 11) is 1.75. The van der Waals surface area contributed by atoms with Crippen molar-refractivity contribution in [1.82, 2.24) is 0 Å². The Bertz CT molecular complexity index is 1140. The van der Waals surface area contributed by atoms with E-state index >= 15 is 0 Å². The zero-order chi connectivity index (χ0) is 21.6. The first-order valence-electron chi connectivity index (χ1n) is 10.9. The summed E-state index contributed by atoms with van der Waals surface area (Å²) in [5, 5.41) is 0. The van der Waals surface area contributed by atoms with E-state index in [2.05, 4.69) is 89.3 Å². The first kappa shape index (κ1) is 21.8. The second-order valence-corrected chi connectivity index (χ2v) is 26.3. The molecule has 0 saturated heterocycles. The number of fused-ring (bicyclic) bond motifs is 1. The van der Waals surface area contributed by atoms with E-state index in [0.717, 1.165) is 5.75 Å². The Morgan fingerprint density at radius 3 is 2.30 bits per heavy atom. The number of ether oxygens (including phenoxy) is 1. The third kappa shape index (κ3) is 3.59. The van der Waals surface area contributed by atoms with E-state index in [-0.39, 0.29) is 5.43 Å². The van der Waals surface area contributed by atoms with Gasteiger partial charge in [-0.2, -0.15) is 0 Å². The molecular formula is C27H32OSiZr. The molecule has 1 nitrogen and oxygen atoms in total. The van der Waals surface area contributed by atoms with Gasteiger partial charge in [-0.3, -0.25) is 0 Å². The van der Waals surface area contributed by atoms with Gasteiger partial charge in [0.1, 0.15) is 0 Å². The molecule has 0 aromatic heterocycles. The van der Waals surface area contributed by atoms with Crippen molar-refractivity contribution in [3.8, 4) is 5.75 Å². The summed E-state index contributed by atoms with van der Waals surface area (Å²) in [6, 6.07) is 17.7. The summed E-state index contributed by atoms with van der Waals surface area (Å²) in [5.74, 6) is 1.57. The molecule has 0 radical (unpaired) electrons. The molecule has 0 saturated carbocycles. The third-order valence-corrected chi connectivity index (χ3v) is 25.7. The monoisotopic (exact) mass is 490 g/mol. The number of rotatable bonds is 4. The Hall–Kier alpha value is -1.44. The number of allylic oxidation sites excluding steroid dienone is 5. The minimum absolute atomic E-state index is 0.366. The Morgan fingerprint density at radius 2 is 1.67 bits per heavy atom. The van der Waals surface area contributed by atoms with Gasteiger partial charge >= 0.3 is 191 Å². The van der Waals surface area contributed by atoms with Crippen molar-refractivity contribution in [1.29, 1.82) is 0 Å². The van der Waals surface area contributed by atoms with Crippen molar-refractivity contribution < 1.29 is 25.1 Å². The maximum absolute atomic E-state index is 5.53. The second kappa shape index (κ2) is 8.60. The summed E-state index contributed by atoms with van der Waals surface area (Å²) in [5.41, 5.74) is 10.1. The van der Waals surface area contributed by atoms with Crippen LogP contribution < -0.4 is 4.74 Å². The second-order valence-electron chi connectivity index (χ2n) is 8.86. The third-order valence-electron chi connectivity index (χ3n) is 7.08. The summed E-state index contributed by atoms with van der Waals surface area (Å²) in [6.07, 6.45) is 2.64. The van der Waals surface area contributed by atoms with E-state index in [1.54, 1.807) is 29.4 Å². The van der Waals surface area contributed by atoms with E-state index < -0.39 is 20.4 Å². The minimum atomic E-state index is -1.94. The predicted molar refractivity (Wildman–Crippen MR) is 127 cm³/mol. The molecular weight excluding hydrogens is 460 g/mol. The van der Waals surface area contributed by atoms with Crippen LogP contribution in [0.3, 0.4) is 0 Å². The molecule has 0 N–H and O–H groups in total. The van der Waals surface area contributed by atoms with E-state index in [1.807, 2.05) is 9.35 Å². The average Bonchev–Trinajstić information content (AvgIpc) is 3.22. The molecule has 3 heteroatoms. The van der Waals surface area contributed by atoms with Crippen LogP contribution in [0.4, 0.5) is 0 Å². The Balaban J connectivity index is 1.90.